The van der Waals surface area contributed by atoms with Crippen LogP contribution in [0.15, 0.2) is 0 Å². The van der Waals surface area contributed by atoms with Gasteiger partial charge < -0.3 is 24.5 Å². The molecule has 2 N–H and O–H groups in total. The summed E-state index contributed by atoms with van der Waals surface area (Å²) in [5.41, 5.74) is -0.582. The van der Waals surface area contributed by atoms with Crippen LogP contribution in [0.4, 0.5) is 9.59 Å². The number of alkyl carbamates (subject to hydrolysis) is 1. The molecular formula is C17H34N2O5Si. The van der Waals surface area contributed by atoms with Gasteiger partial charge in [0.05, 0.1) is 18.7 Å². The highest BCUT2D eigenvalue weighted by atomic mass is 28.4. The molecule has 0 aromatic heterocycles. The van der Waals surface area contributed by atoms with Crippen LogP contribution in [0.3, 0.4) is 0 Å². The fourth-order valence-corrected chi connectivity index (χ4v) is 3.74. The Morgan fingerprint density at radius 2 is 1.72 bits per heavy atom. The van der Waals surface area contributed by atoms with Gasteiger partial charge in [-0.2, -0.15) is 0 Å². The van der Waals surface area contributed by atoms with E-state index in [-0.39, 0.29) is 23.7 Å². The summed E-state index contributed by atoms with van der Waals surface area (Å²) in [7, 11) is -2.11. The van der Waals surface area contributed by atoms with Gasteiger partial charge in [-0.05, 0) is 45.3 Å². The van der Waals surface area contributed by atoms with Gasteiger partial charge in [-0.3, -0.25) is 0 Å². The van der Waals surface area contributed by atoms with Crippen LogP contribution < -0.4 is 5.32 Å². The van der Waals surface area contributed by atoms with E-state index < -0.39 is 26.1 Å². The average Bonchev–Trinajstić information content (AvgIpc) is 2.36. The normalized spacial score (nSPS) is 22.5. The highest BCUT2D eigenvalue weighted by Crippen LogP contribution is 2.38. The van der Waals surface area contributed by atoms with Gasteiger partial charge in [0, 0.05) is 6.54 Å². The summed E-state index contributed by atoms with van der Waals surface area (Å²) in [5, 5.41) is 12.2. The van der Waals surface area contributed by atoms with Gasteiger partial charge in [-0.15, -0.1) is 0 Å². The van der Waals surface area contributed by atoms with Crippen LogP contribution in [-0.2, 0) is 9.16 Å². The van der Waals surface area contributed by atoms with Crippen molar-refractivity contribution in [3.63, 3.8) is 0 Å². The molecule has 1 aliphatic heterocycles. The summed E-state index contributed by atoms with van der Waals surface area (Å²) >= 11 is 0. The van der Waals surface area contributed by atoms with E-state index in [1.165, 1.54) is 4.90 Å². The highest BCUT2D eigenvalue weighted by molar-refractivity contribution is 6.74. The zero-order chi connectivity index (χ0) is 19.6. The molecule has 146 valence electrons. The summed E-state index contributed by atoms with van der Waals surface area (Å²) in [4.78, 5) is 24.8. The first kappa shape index (κ1) is 21.8. The lowest BCUT2D eigenvalue weighted by molar-refractivity contribution is 0.0261. The number of amides is 2. The van der Waals surface area contributed by atoms with E-state index in [0.717, 1.165) is 0 Å². The lowest BCUT2D eigenvalue weighted by Gasteiger charge is -2.45. The zero-order valence-corrected chi connectivity index (χ0v) is 17.8. The topological polar surface area (TPSA) is 88.1 Å². The first-order valence-corrected chi connectivity index (χ1v) is 11.7. The summed E-state index contributed by atoms with van der Waals surface area (Å²) in [6.45, 7) is 16.7. The van der Waals surface area contributed by atoms with Crippen molar-refractivity contribution in [1.29, 1.82) is 0 Å². The standard InChI is InChI=1S/C17H34N2O5Si/c1-16(2,3)23-14(20)18-12-9-10-19(15(21)22)11-13(12)24-25(7,8)17(4,5)6/h12-13H,9-11H2,1-8H3,(H,18,20)(H,21,22). The molecule has 1 saturated heterocycles. The highest BCUT2D eigenvalue weighted by Gasteiger charge is 2.43. The largest absolute Gasteiger partial charge is 0.465 e. The second-order valence-electron chi connectivity index (χ2n) is 9.19. The van der Waals surface area contributed by atoms with E-state index in [1.807, 2.05) is 20.8 Å². The Hall–Kier alpha value is -1.28. The van der Waals surface area contributed by atoms with Crippen molar-refractivity contribution in [3.05, 3.63) is 0 Å². The number of carbonyl (C=O) groups excluding carboxylic acids is 1. The average molecular weight is 375 g/mol. The fraction of sp³-hybridized carbons (Fsp3) is 0.882. The number of rotatable bonds is 3. The number of piperidine rings is 1. The Labute approximate surface area is 152 Å². The van der Waals surface area contributed by atoms with E-state index in [2.05, 4.69) is 39.2 Å². The van der Waals surface area contributed by atoms with Crippen molar-refractivity contribution >= 4 is 20.5 Å². The van der Waals surface area contributed by atoms with Gasteiger partial charge in [0.2, 0.25) is 0 Å². The smallest absolute Gasteiger partial charge is 0.407 e. The third kappa shape index (κ3) is 6.50. The predicted octanol–water partition coefficient (Wildman–Crippen LogP) is 3.65. The molecule has 0 aromatic carbocycles. The molecule has 2 amide bonds. The number of carboxylic acid groups (broad SMARTS) is 1. The SMILES string of the molecule is CC(C)(C)OC(=O)NC1CCN(C(=O)O)CC1O[Si](C)(C)C(C)(C)C. The van der Waals surface area contributed by atoms with Crippen molar-refractivity contribution in [3.8, 4) is 0 Å². The van der Waals surface area contributed by atoms with E-state index in [4.69, 9.17) is 9.16 Å². The molecule has 0 aliphatic carbocycles. The molecule has 1 heterocycles. The fourth-order valence-electron chi connectivity index (χ4n) is 2.39. The monoisotopic (exact) mass is 374 g/mol. The number of hydrogen-bond donors (Lipinski definition) is 2. The third-order valence-electron chi connectivity index (χ3n) is 4.78. The molecule has 2 atom stereocenters. The van der Waals surface area contributed by atoms with Crippen molar-refractivity contribution in [2.24, 2.45) is 0 Å². The second-order valence-corrected chi connectivity index (χ2v) is 13.9. The number of nitrogens with one attached hydrogen (secondary N) is 1. The van der Waals surface area contributed by atoms with Gasteiger partial charge in [0.15, 0.2) is 8.32 Å². The Morgan fingerprint density at radius 1 is 1.16 bits per heavy atom. The predicted molar refractivity (Wildman–Crippen MR) is 99.4 cm³/mol. The molecular weight excluding hydrogens is 340 g/mol. The number of nitrogens with zero attached hydrogens (tertiary/aromatic N) is 1. The third-order valence-corrected chi connectivity index (χ3v) is 9.29. The maximum absolute atomic E-state index is 12.1. The van der Waals surface area contributed by atoms with Crippen LogP contribution in [0, 0.1) is 0 Å². The van der Waals surface area contributed by atoms with Crippen LogP contribution in [0.25, 0.3) is 0 Å². The summed E-state index contributed by atoms with van der Waals surface area (Å²) in [6.07, 6.45) is -1.33. The lowest BCUT2D eigenvalue weighted by atomic mass is 10.0. The Balaban J connectivity index is 2.90. The minimum atomic E-state index is -2.11. The van der Waals surface area contributed by atoms with E-state index in [0.29, 0.717) is 13.0 Å². The first-order valence-electron chi connectivity index (χ1n) is 8.77. The second kappa shape index (κ2) is 7.53. The maximum Gasteiger partial charge on any atom is 0.407 e. The molecule has 8 heteroatoms. The number of carbonyl (C=O) groups is 2. The van der Waals surface area contributed by atoms with Crippen LogP contribution >= 0.6 is 0 Å². The van der Waals surface area contributed by atoms with E-state index in [1.54, 1.807) is 0 Å². The van der Waals surface area contributed by atoms with Crippen molar-refractivity contribution in [2.45, 2.75) is 83.8 Å². The molecule has 0 spiro atoms. The van der Waals surface area contributed by atoms with Gasteiger partial charge in [-0.1, -0.05) is 20.8 Å². The molecule has 7 nitrogen and oxygen atoms in total. The van der Waals surface area contributed by atoms with Gasteiger partial charge in [0.1, 0.15) is 5.60 Å². The maximum atomic E-state index is 12.1. The van der Waals surface area contributed by atoms with Crippen LogP contribution in [0.1, 0.15) is 48.0 Å². The Morgan fingerprint density at radius 3 is 2.16 bits per heavy atom. The van der Waals surface area contributed by atoms with Gasteiger partial charge in [-0.25, -0.2) is 9.59 Å². The first-order chi connectivity index (χ1) is 11.1. The molecule has 1 rings (SSSR count). The number of ether oxygens (including phenoxy) is 1. The number of likely N-dealkylation sites (tertiary alicyclic amines) is 1. The van der Waals surface area contributed by atoms with Gasteiger partial charge in [0.25, 0.3) is 0 Å². The van der Waals surface area contributed by atoms with Crippen molar-refractivity contribution in [1.82, 2.24) is 10.2 Å². The number of hydrogen-bond acceptors (Lipinski definition) is 4. The molecule has 0 aromatic rings. The summed E-state index contributed by atoms with van der Waals surface area (Å²) < 4.78 is 11.8. The quantitative estimate of drug-likeness (QED) is 0.736. The molecule has 25 heavy (non-hydrogen) atoms. The summed E-state index contributed by atoms with van der Waals surface area (Å²) in [6, 6.07) is -0.264. The van der Waals surface area contributed by atoms with Crippen molar-refractivity contribution in [2.75, 3.05) is 13.1 Å². The summed E-state index contributed by atoms with van der Waals surface area (Å²) in [5.74, 6) is 0. The van der Waals surface area contributed by atoms with E-state index >= 15 is 0 Å². The van der Waals surface area contributed by atoms with Crippen LogP contribution in [-0.4, -0.2) is 61.3 Å². The van der Waals surface area contributed by atoms with E-state index in [9.17, 15) is 14.7 Å². The van der Waals surface area contributed by atoms with Crippen molar-refractivity contribution < 1.29 is 23.9 Å². The molecule has 2 unspecified atom stereocenters. The zero-order valence-electron chi connectivity index (χ0n) is 16.8. The molecule has 0 saturated carbocycles. The molecule has 0 bridgehead atoms. The Bertz CT molecular complexity index is 496. The lowest BCUT2D eigenvalue weighted by Crippen LogP contribution is -2.60. The minimum Gasteiger partial charge on any atom is -0.465 e. The molecule has 1 aliphatic rings. The molecule has 0 radical (unpaired) electrons. The molecule has 1 fully saturated rings. The minimum absolute atomic E-state index is 0.00499. The Kier molecular flexibility index (Phi) is 6.55. The van der Waals surface area contributed by atoms with Gasteiger partial charge >= 0.3 is 12.2 Å². The van der Waals surface area contributed by atoms with Crippen LogP contribution in [0.5, 0.6) is 0 Å². The van der Waals surface area contributed by atoms with Crippen LogP contribution in [0.2, 0.25) is 18.1 Å².